The van der Waals surface area contributed by atoms with Gasteiger partial charge < -0.3 is 24.6 Å². The van der Waals surface area contributed by atoms with Crippen LogP contribution < -0.4 is 5.32 Å². The van der Waals surface area contributed by atoms with Crippen molar-refractivity contribution in [2.45, 2.75) is 54.7 Å². The van der Waals surface area contributed by atoms with Crippen molar-refractivity contribution in [1.29, 1.82) is 0 Å². The number of nitrogens with one attached hydrogen (secondary N) is 1. The molecule has 1 saturated carbocycles. The topological polar surface area (TPSA) is 79.6 Å². The van der Waals surface area contributed by atoms with Gasteiger partial charge >= 0.3 is 0 Å². The number of hydrogen-bond acceptors (Lipinski definition) is 6. The summed E-state index contributed by atoms with van der Waals surface area (Å²) in [7, 11) is 1.63. The monoisotopic (exact) mass is 606 g/mol. The van der Waals surface area contributed by atoms with Gasteiger partial charge in [0.05, 0.1) is 24.7 Å². The average Bonchev–Trinajstić information content (AvgIpc) is 3.39. The lowest BCUT2D eigenvalue weighted by Crippen LogP contribution is -2.54. The Morgan fingerprint density at radius 3 is 2.58 bits per heavy atom. The molecule has 2 heterocycles. The summed E-state index contributed by atoms with van der Waals surface area (Å²) in [5, 5.41) is 15.1. The van der Waals surface area contributed by atoms with Crippen LogP contribution in [-0.2, 0) is 4.74 Å². The molecule has 1 aliphatic heterocycles. The predicted octanol–water partition coefficient (Wildman–Crippen LogP) is 5.48. The van der Waals surface area contributed by atoms with Crippen molar-refractivity contribution in [3.8, 4) is 11.3 Å². The molecule has 1 aromatic heterocycles. The summed E-state index contributed by atoms with van der Waals surface area (Å²) in [5.41, 5.74) is 1.19. The van der Waals surface area contributed by atoms with Gasteiger partial charge in [-0.2, -0.15) is 0 Å². The average molecular weight is 608 g/mol. The van der Waals surface area contributed by atoms with E-state index in [1.165, 1.54) is 4.90 Å². The van der Waals surface area contributed by atoms with E-state index < -0.39 is 5.60 Å². The minimum absolute atomic E-state index is 0. The van der Waals surface area contributed by atoms with E-state index in [1.54, 1.807) is 13.4 Å². The molecular formula is C30H40Cl2N4O3S. The summed E-state index contributed by atoms with van der Waals surface area (Å²) in [6.07, 6.45) is 6.12. The van der Waals surface area contributed by atoms with Gasteiger partial charge in [0.1, 0.15) is 5.60 Å². The number of hydrogen-bond donors (Lipinski definition) is 2. The number of imidazole rings is 1. The van der Waals surface area contributed by atoms with E-state index in [9.17, 15) is 9.90 Å². The third-order valence-corrected chi connectivity index (χ3v) is 8.85. The second kappa shape index (κ2) is 15.2. The van der Waals surface area contributed by atoms with Crippen molar-refractivity contribution in [1.82, 2.24) is 19.8 Å². The number of thioether (sulfide) groups is 1. The largest absolute Gasteiger partial charge is 0.385 e. The second-order valence-electron chi connectivity index (χ2n) is 10.3. The fourth-order valence-electron chi connectivity index (χ4n) is 5.91. The number of aromatic nitrogens is 2. The molecule has 2 N–H and O–H groups in total. The van der Waals surface area contributed by atoms with Gasteiger partial charge in [-0.25, -0.2) is 4.98 Å². The van der Waals surface area contributed by atoms with Gasteiger partial charge in [0.25, 0.3) is 5.91 Å². The molecule has 1 saturated heterocycles. The van der Waals surface area contributed by atoms with Gasteiger partial charge in [-0.3, -0.25) is 4.79 Å². The molecule has 0 bridgehead atoms. The van der Waals surface area contributed by atoms with E-state index in [1.807, 2.05) is 57.6 Å². The van der Waals surface area contributed by atoms with E-state index >= 15 is 0 Å². The Labute approximate surface area is 253 Å². The first-order chi connectivity index (χ1) is 18.6. The van der Waals surface area contributed by atoms with Crippen molar-refractivity contribution in [3.63, 3.8) is 0 Å². The number of methoxy groups -OCH3 is 1. The smallest absolute Gasteiger partial charge is 0.275 e. The molecule has 1 amide bonds. The molecule has 2 fully saturated rings. The van der Waals surface area contributed by atoms with Gasteiger partial charge in [-0.1, -0.05) is 61.4 Å². The van der Waals surface area contributed by atoms with E-state index in [-0.39, 0.29) is 49.4 Å². The fraction of sp³-hybridized carbons (Fsp3) is 0.467. The van der Waals surface area contributed by atoms with E-state index in [2.05, 4.69) is 29.6 Å². The van der Waals surface area contributed by atoms with Crippen LogP contribution in [0.15, 0.2) is 71.9 Å². The van der Waals surface area contributed by atoms with E-state index in [0.717, 1.165) is 55.8 Å². The zero-order valence-corrected chi connectivity index (χ0v) is 25.4. The molecule has 2 aliphatic rings. The maximum absolute atomic E-state index is 14.1. The Hall–Kier alpha value is -2.07. The molecular weight excluding hydrogens is 567 g/mol. The zero-order chi connectivity index (χ0) is 26.4. The van der Waals surface area contributed by atoms with Crippen molar-refractivity contribution < 1.29 is 14.6 Å². The van der Waals surface area contributed by atoms with Crippen LogP contribution in [-0.4, -0.2) is 76.2 Å². The normalized spacial score (nSPS) is 22.7. The number of rotatable bonds is 9. The molecule has 2 aromatic carbocycles. The highest BCUT2D eigenvalue weighted by atomic mass is 35.5. The lowest BCUT2D eigenvalue weighted by atomic mass is 9.80. The predicted molar refractivity (Wildman–Crippen MR) is 166 cm³/mol. The van der Waals surface area contributed by atoms with Crippen molar-refractivity contribution in [2.24, 2.45) is 0 Å². The lowest BCUT2D eigenvalue weighted by Gasteiger charge is -2.41. The van der Waals surface area contributed by atoms with Crippen LogP contribution in [0.4, 0.5) is 0 Å². The number of halogens is 2. The maximum Gasteiger partial charge on any atom is 0.275 e. The van der Waals surface area contributed by atoms with Crippen molar-refractivity contribution >= 4 is 42.5 Å². The zero-order valence-electron chi connectivity index (χ0n) is 22.9. The number of amides is 1. The molecule has 3 aromatic rings. The standard InChI is InChI=1S/C30H38N4O3S.2ClH/c1-37-21-30(36)16-9-8-14-26(30)34-22-32-27(28(34)23-10-4-2-5-11-23)29(35)33-18-17-31-20-24(33)15-19-38-25-12-6-3-7-13-25;;/h2-7,10-13,22,24,26,31,36H,8-9,14-21H2,1H3;2*1H/t24-,26-,30-;;/m1../s1. The van der Waals surface area contributed by atoms with Gasteiger partial charge in [0.15, 0.2) is 5.69 Å². The van der Waals surface area contributed by atoms with Crippen molar-refractivity contribution in [2.75, 3.05) is 39.1 Å². The first kappa shape index (κ1) is 32.4. The number of piperazine rings is 1. The third kappa shape index (κ3) is 7.22. The number of aliphatic hydroxyl groups is 1. The molecule has 5 rings (SSSR count). The number of benzene rings is 2. The van der Waals surface area contributed by atoms with Gasteiger partial charge in [0, 0.05) is 49.0 Å². The van der Waals surface area contributed by atoms with Gasteiger partial charge in [-0.15, -0.1) is 36.6 Å². The molecule has 7 nitrogen and oxygen atoms in total. The minimum atomic E-state index is -0.996. The number of ether oxygens (including phenoxy) is 1. The molecule has 1 aliphatic carbocycles. The van der Waals surface area contributed by atoms with Crippen LogP contribution in [0.25, 0.3) is 11.3 Å². The van der Waals surface area contributed by atoms with Crippen LogP contribution >= 0.6 is 36.6 Å². The number of carbonyl (C=O) groups excluding carboxylic acids is 1. The van der Waals surface area contributed by atoms with E-state index in [0.29, 0.717) is 18.7 Å². The first-order valence-electron chi connectivity index (χ1n) is 13.6. The van der Waals surface area contributed by atoms with Crippen molar-refractivity contribution in [3.05, 3.63) is 72.7 Å². The molecule has 0 spiro atoms. The maximum atomic E-state index is 14.1. The van der Waals surface area contributed by atoms with Crippen LogP contribution in [0, 0.1) is 0 Å². The molecule has 218 valence electrons. The fourth-order valence-corrected chi connectivity index (χ4v) is 6.88. The Bertz CT molecular complexity index is 1200. The summed E-state index contributed by atoms with van der Waals surface area (Å²) in [4.78, 5) is 22.1. The second-order valence-corrected chi connectivity index (χ2v) is 11.5. The van der Waals surface area contributed by atoms with E-state index in [4.69, 9.17) is 9.72 Å². The molecule has 0 unspecified atom stereocenters. The summed E-state index contributed by atoms with van der Waals surface area (Å²) in [6, 6.07) is 20.3. The molecule has 3 atom stereocenters. The molecule has 10 heteroatoms. The van der Waals surface area contributed by atoms with Crippen LogP contribution in [0.2, 0.25) is 0 Å². The van der Waals surface area contributed by atoms with Crippen LogP contribution in [0.3, 0.4) is 0 Å². The summed E-state index contributed by atoms with van der Waals surface area (Å²) < 4.78 is 7.49. The van der Waals surface area contributed by atoms with Crippen LogP contribution in [0.1, 0.15) is 48.6 Å². The Morgan fingerprint density at radius 2 is 1.85 bits per heavy atom. The Kier molecular flexibility index (Phi) is 12.4. The highest BCUT2D eigenvalue weighted by molar-refractivity contribution is 7.99. The number of nitrogens with zero attached hydrogens (tertiary/aromatic N) is 3. The Morgan fingerprint density at radius 1 is 1.12 bits per heavy atom. The quantitative estimate of drug-likeness (QED) is 0.314. The Balaban J connectivity index is 0.00000220. The van der Waals surface area contributed by atoms with Crippen LogP contribution in [0.5, 0.6) is 0 Å². The summed E-state index contributed by atoms with van der Waals surface area (Å²) in [6.45, 7) is 2.45. The minimum Gasteiger partial charge on any atom is -0.385 e. The molecule has 0 radical (unpaired) electrons. The highest BCUT2D eigenvalue weighted by Gasteiger charge is 2.42. The SMILES string of the molecule is COC[C@]1(O)CCCC[C@H]1n1cnc(C(=O)N2CCNC[C@H]2CCSc2ccccc2)c1-c1ccccc1.Cl.Cl. The lowest BCUT2D eigenvalue weighted by molar-refractivity contribution is -0.0893. The van der Waals surface area contributed by atoms with Gasteiger partial charge in [-0.05, 0) is 31.4 Å². The third-order valence-electron chi connectivity index (χ3n) is 7.81. The highest BCUT2D eigenvalue weighted by Crippen LogP contribution is 2.41. The number of carbonyl (C=O) groups is 1. The summed E-state index contributed by atoms with van der Waals surface area (Å²) >= 11 is 1.83. The van der Waals surface area contributed by atoms with Gasteiger partial charge in [0.2, 0.25) is 0 Å². The summed E-state index contributed by atoms with van der Waals surface area (Å²) in [5.74, 6) is 0.900. The first-order valence-corrected chi connectivity index (χ1v) is 14.6. The molecule has 40 heavy (non-hydrogen) atoms.